The second kappa shape index (κ2) is 5.48. The Hall–Kier alpha value is -0.120. The number of likely N-dealkylation sites (N-methyl/N-ethyl adjacent to an activating group) is 2. The Morgan fingerprint density at radius 1 is 1.22 bits per heavy atom. The van der Waals surface area contributed by atoms with Crippen LogP contribution in [0.1, 0.15) is 39.0 Å². The maximum Gasteiger partial charge on any atom is 0.0223 e. The Balaban J connectivity index is 1.45. The summed E-state index contributed by atoms with van der Waals surface area (Å²) < 4.78 is 0. The van der Waals surface area contributed by atoms with Gasteiger partial charge in [0.15, 0.2) is 0 Å². The molecular weight excluding hydrogens is 222 g/mol. The number of nitrogens with one attached hydrogen (secondary N) is 1. The predicted molar refractivity (Wildman–Crippen MR) is 75.8 cm³/mol. The molecule has 3 aliphatic heterocycles. The molecule has 3 fully saturated rings. The molecule has 3 aliphatic rings. The summed E-state index contributed by atoms with van der Waals surface area (Å²) in [6.45, 7) is 7.45. The van der Waals surface area contributed by atoms with Gasteiger partial charge in [0.2, 0.25) is 0 Å². The molecule has 4 unspecified atom stereocenters. The molecule has 4 atom stereocenters. The predicted octanol–water partition coefficient (Wildman–Crippen LogP) is 1.54. The number of fused-ring (bicyclic) bond motifs is 2. The number of likely N-dealkylation sites (tertiary alicyclic amines) is 1. The molecule has 0 aliphatic carbocycles. The molecule has 3 nitrogen and oxygen atoms in total. The van der Waals surface area contributed by atoms with Crippen LogP contribution in [0.15, 0.2) is 0 Å². The number of hydrogen-bond donors (Lipinski definition) is 1. The van der Waals surface area contributed by atoms with Gasteiger partial charge in [-0.1, -0.05) is 6.92 Å². The van der Waals surface area contributed by atoms with Gasteiger partial charge in [0.05, 0.1) is 0 Å². The van der Waals surface area contributed by atoms with E-state index in [1.54, 1.807) is 0 Å². The fourth-order valence-corrected chi connectivity index (χ4v) is 4.49. The van der Waals surface area contributed by atoms with E-state index in [9.17, 15) is 0 Å². The highest BCUT2D eigenvalue weighted by molar-refractivity contribution is 4.98. The first-order valence-electron chi connectivity index (χ1n) is 7.95. The fraction of sp³-hybridized carbons (Fsp3) is 1.00. The van der Waals surface area contributed by atoms with Crippen LogP contribution in [-0.2, 0) is 0 Å². The van der Waals surface area contributed by atoms with Crippen LogP contribution < -0.4 is 5.32 Å². The normalized spacial score (nSPS) is 40.2. The van der Waals surface area contributed by atoms with Crippen LogP contribution in [0.25, 0.3) is 0 Å². The molecule has 0 aromatic rings. The standard InChI is InChI=1S/C15H29N3/c1-3-18-8-4-5-14(18)11-17(2)10-12-9-13-6-7-15(12)16-13/h12-16H,3-11H2,1-2H3. The van der Waals surface area contributed by atoms with Crippen LogP contribution in [0.3, 0.4) is 0 Å². The van der Waals surface area contributed by atoms with Crippen molar-refractivity contribution in [2.24, 2.45) is 5.92 Å². The van der Waals surface area contributed by atoms with E-state index >= 15 is 0 Å². The summed E-state index contributed by atoms with van der Waals surface area (Å²) in [5.41, 5.74) is 0. The van der Waals surface area contributed by atoms with Crippen LogP contribution >= 0.6 is 0 Å². The molecule has 3 saturated heterocycles. The van der Waals surface area contributed by atoms with Gasteiger partial charge in [-0.3, -0.25) is 4.90 Å². The molecule has 3 heterocycles. The van der Waals surface area contributed by atoms with Gasteiger partial charge < -0.3 is 10.2 Å². The third kappa shape index (κ3) is 2.59. The Labute approximate surface area is 112 Å². The zero-order valence-electron chi connectivity index (χ0n) is 12.1. The van der Waals surface area contributed by atoms with Crippen LogP contribution in [0.4, 0.5) is 0 Å². The van der Waals surface area contributed by atoms with Crippen molar-refractivity contribution in [1.82, 2.24) is 15.1 Å². The van der Waals surface area contributed by atoms with E-state index in [1.165, 1.54) is 58.3 Å². The molecule has 0 radical (unpaired) electrons. The third-order valence-corrected chi connectivity index (χ3v) is 5.41. The number of rotatable bonds is 5. The lowest BCUT2D eigenvalue weighted by atomic mass is 9.89. The number of hydrogen-bond acceptors (Lipinski definition) is 3. The number of nitrogens with zero attached hydrogens (tertiary/aromatic N) is 2. The molecule has 18 heavy (non-hydrogen) atoms. The van der Waals surface area contributed by atoms with Gasteiger partial charge >= 0.3 is 0 Å². The molecule has 3 heteroatoms. The van der Waals surface area contributed by atoms with Gasteiger partial charge in [0.25, 0.3) is 0 Å². The van der Waals surface area contributed by atoms with Crippen molar-refractivity contribution in [2.45, 2.75) is 57.2 Å². The molecule has 104 valence electrons. The molecular formula is C15H29N3. The smallest absolute Gasteiger partial charge is 0.0223 e. The monoisotopic (exact) mass is 251 g/mol. The summed E-state index contributed by atoms with van der Waals surface area (Å²) in [6, 6.07) is 2.52. The van der Waals surface area contributed by atoms with E-state index < -0.39 is 0 Å². The van der Waals surface area contributed by atoms with Crippen molar-refractivity contribution < 1.29 is 0 Å². The maximum absolute atomic E-state index is 3.76. The minimum atomic E-state index is 0.826. The average Bonchev–Trinajstić information content (AvgIpc) is 3.04. The van der Waals surface area contributed by atoms with Crippen molar-refractivity contribution >= 4 is 0 Å². The quantitative estimate of drug-likeness (QED) is 0.800. The summed E-state index contributed by atoms with van der Waals surface area (Å²) in [5.74, 6) is 0.922. The molecule has 0 aromatic carbocycles. The lowest BCUT2D eigenvalue weighted by Gasteiger charge is -2.31. The Bertz CT molecular complexity index is 273. The Morgan fingerprint density at radius 3 is 2.78 bits per heavy atom. The van der Waals surface area contributed by atoms with E-state index in [0.717, 1.165) is 24.0 Å². The Morgan fingerprint density at radius 2 is 2.11 bits per heavy atom. The van der Waals surface area contributed by atoms with E-state index in [1.807, 2.05) is 0 Å². The molecule has 0 saturated carbocycles. The first-order chi connectivity index (χ1) is 8.76. The van der Waals surface area contributed by atoms with Crippen LogP contribution in [0, 0.1) is 5.92 Å². The summed E-state index contributed by atoms with van der Waals surface area (Å²) in [5, 5.41) is 3.76. The molecule has 1 N–H and O–H groups in total. The van der Waals surface area contributed by atoms with Crippen molar-refractivity contribution in [3.8, 4) is 0 Å². The molecule has 0 aromatic heterocycles. The van der Waals surface area contributed by atoms with Crippen LogP contribution in [0.2, 0.25) is 0 Å². The highest BCUT2D eigenvalue weighted by atomic mass is 15.2. The van der Waals surface area contributed by atoms with Crippen molar-refractivity contribution in [1.29, 1.82) is 0 Å². The summed E-state index contributed by atoms with van der Waals surface area (Å²) >= 11 is 0. The van der Waals surface area contributed by atoms with Gasteiger partial charge in [0, 0.05) is 31.2 Å². The lowest BCUT2D eigenvalue weighted by molar-refractivity contribution is 0.175. The van der Waals surface area contributed by atoms with Crippen molar-refractivity contribution in [2.75, 3.05) is 33.2 Å². The van der Waals surface area contributed by atoms with E-state index in [4.69, 9.17) is 0 Å². The van der Waals surface area contributed by atoms with Gasteiger partial charge in [-0.05, 0) is 58.2 Å². The highest BCUT2D eigenvalue weighted by Gasteiger charge is 2.39. The van der Waals surface area contributed by atoms with Crippen molar-refractivity contribution in [3.63, 3.8) is 0 Å². The van der Waals surface area contributed by atoms with E-state index in [0.29, 0.717) is 0 Å². The van der Waals surface area contributed by atoms with Gasteiger partial charge in [-0.2, -0.15) is 0 Å². The van der Waals surface area contributed by atoms with Crippen LogP contribution in [0.5, 0.6) is 0 Å². The van der Waals surface area contributed by atoms with Gasteiger partial charge in [-0.15, -0.1) is 0 Å². The molecule has 0 spiro atoms. The maximum atomic E-state index is 3.76. The second-order valence-corrected chi connectivity index (χ2v) is 6.69. The van der Waals surface area contributed by atoms with Gasteiger partial charge in [0.1, 0.15) is 0 Å². The second-order valence-electron chi connectivity index (χ2n) is 6.69. The van der Waals surface area contributed by atoms with Gasteiger partial charge in [-0.25, -0.2) is 0 Å². The van der Waals surface area contributed by atoms with E-state index in [-0.39, 0.29) is 0 Å². The summed E-state index contributed by atoms with van der Waals surface area (Å²) in [4.78, 5) is 5.27. The van der Waals surface area contributed by atoms with Crippen molar-refractivity contribution in [3.05, 3.63) is 0 Å². The third-order valence-electron chi connectivity index (χ3n) is 5.41. The minimum absolute atomic E-state index is 0.826. The first-order valence-corrected chi connectivity index (χ1v) is 7.95. The summed E-state index contributed by atoms with van der Waals surface area (Å²) in [6.07, 6.45) is 7.09. The first kappa shape index (κ1) is 12.9. The highest BCUT2D eigenvalue weighted by Crippen LogP contribution is 2.33. The molecule has 2 bridgehead atoms. The largest absolute Gasteiger partial charge is 0.311 e. The fourth-order valence-electron chi connectivity index (χ4n) is 4.49. The average molecular weight is 251 g/mol. The SMILES string of the molecule is CCN1CCCC1CN(C)CC1CC2CCC1N2. The lowest BCUT2D eigenvalue weighted by Crippen LogP contribution is -2.41. The minimum Gasteiger partial charge on any atom is -0.311 e. The zero-order valence-corrected chi connectivity index (χ0v) is 12.1. The Kier molecular flexibility index (Phi) is 3.92. The van der Waals surface area contributed by atoms with E-state index in [2.05, 4.69) is 29.1 Å². The zero-order chi connectivity index (χ0) is 12.5. The van der Waals surface area contributed by atoms with Crippen LogP contribution in [-0.4, -0.2) is 61.2 Å². The topological polar surface area (TPSA) is 18.5 Å². The molecule has 3 rings (SSSR count). The summed E-state index contributed by atoms with van der Waals surface area (Å²) in [7, 11) is 2.33. The molecule has 0 amide bonds.